The Kier molecular flexibility index (Phi) is 3.74. The molecule has 2 aliphatic heterocycles. The minimum absolute atomic E-state index is 0.0764. The highest BCUT2D eigenvalue weighted by Gasteiger charge is 2.51. The number of carbonyl (C=O) groups is 3. The zero-order valence-corrected chi connectivity index (χ0v) is 14.1. The topological polar surface area (TPSA) is 85.8 Å². The molecule has 3 aliphatic rings. The molecule has 0 bridgehead atoms. The number of piperidine rings is 1. The molecule has 1 spiro atoms. The second-order valence-electron chi connectivity index (χ2n) is 7.12. The van der Waals surface area contributed by atoms with E-state index in [2.05, 4.69) is 4.98 Å². The van der Waals surface area contributed by atoms with Crippen LogP contribution in [-0.2, 0) is 9.53 Å². The molecule has 4 rings (SSSR count). The Morgan fingerprint density at radius 1 is 1.36 bits per heavy atom. The van der Waals surface area contributed by atoms with Gasteiger partial charge in [0, 0.05) is 32.1 Å². The van der Waals surface area contributed by atoms with Gasteiger partial charge in [0.05, 0.1) is 6.61 Å². The number of carbonyl (C=O) groups excluding carboxylic acids is 3. The third kappa shape index (κ3) is 2.88. The summed E-state index contributed by atoms with van der Waals surface area (Å²) >= 11 is 0. The Morgan fingerprint density at radius 3 is 2.76 bits per heavy atom. The number of aromatic nitrogens is 1. The van der Waals surface area contributed by atoms with Crippen LogP contribution in [0.1, 0.15) is 41.7 Å². The zero-order chi connectivity index (χ0) is 17.6. The van der Waals surface area contributed by atoms with Gasteiger partial charge in [-0.05, 0) is 37.3 Å². The third-order valence-electron chi connectivity index (χ3n) is 5.10. The molecule has 0 radical (unpaired) electrons. The summed E-state index contributed by atoms with van der Waals surface area (Å²) < 4.78 is 11.2. The number of aryl methyl sites for hydroxylation is 1. The summed E-state index contributed by atoms with van der Waals surface area (Å²) in [4.78, 5) is 42.7. The summed E-state index contributed by atoms with van der Waals surface area (Å²) in [5.74, 6) is -0.309. The first-order valence-corrected chi connectivity index (χ1v) is 8.65. The summed E-state index contributed by atoms with van der Waals surface area (Å²) in [6, 6.07) is 1.73. The van der Waals surface area contributed by atoms with Gasteiger partial charge >= 0.3 is 6.09 Å². The molecular formula is C18H20N2O5. The van der Waals surface area contributed by atoms with Crippen LogP contribution in [0, 0.1) is 12.8 Å². The second kappa shape index (κ2) is 5.82. The molecule has 1 aromatic rings. The number of amides is 1. The smallest absolute Gasteiger partial charge is 0.409 e. The highest BCUT2D eigenvalue weighted by Crippen LogP contribution is 2.37. The van der Waals surface area contributed by atoms with Gasteiger partial charge < -0.3 is 14.4 Å². The first-order chi connectivity index (χ1) is 12.0. The van der Waals surface area contributed by atoms with Crippen molar-refractivity contribution in [1.82, 2.24) is 9.88 Å². The zero-order valence-electron chi connectivity index (χ0n) is 14.1. The summed E-state index contributed by atoms with van der Waals surface area (Å²) in [6.07, 6.45) is 3.99. The Morgan fingerprint density at radius 2 is 2.08 bits per heavy atom. The summed E-state index contributed by atoms with van der Waals surface area (Å²) in [7, 11) is 0. The monoisotopic (exact) mass is 344 g/mol. The Balaban J connectivity index is 1.47. The molecule has 7 heteroatoms. The highest BCUT2D eigenvalue weighted by atomic mass is 16.6. The molecule has 0 aromatic carbocycles. The maximum atomic E-state index is 12.6. The van der Waals surface area contributed by atoms with Crippen LogP contribution in [0.25, 0.3) is 0 Å². The van der Waals surface area contributed by atoms with Crippen molar-refractivity contribution >= 4 is 17.7 Å². The van der Waals surface area contributed by atoms with E-state index in [0.29, 0.717) is 31.4 Å². The van der Waals surface area contributed by atoms with Crippen LogP contribution in [0.5, 0.6) is 5.75 Å². The molecule has 2 fully saturated rings. The number of pyridine rings is 1. The number of rotatable bonds is 2. The van der Waals surface area contributed by atoms with Gasteiger partial charge in [-0.25, -0.2) is 9.78 Å². The largest absolute Gasteiger partial charge is 0.476 e. The van der Waals surface area contributed by atoms with E-state index in [1.165, 1.54) is 0 Å². The van der Waals surface area contributed by atoms with Crippen LogP contribution in [0.2, 0.25) is 0 Å². The second-order valence-corrected chi connectivity index (χ2v) is 7.12. The lowest BCUT2D eigenvalue weighted by molar-refractivity contribution is -0.135. The first-order valence-electron chi connectivity index (χ1n) is 8.65. The van der Waals surface area contributed by atoms with E-state index in [9.17, 15) is 14.4 Å². The van der Waals surface area contributed by atoms with E-state index in [-0.39, 0.29) is 24.6 Å². The molecule has 0 unspecified atom stereocenters. The third-order valence-corrected chi connectivity index (χ3v) is 5.10. The predicted octanol–water partition coefficient (Wildman–Crippen LogP) is 1.92. The van der Waals surface area contributed by atoms with Gasteiger partial charge in [0.15, 0.2) is 17.0 Å². The van der Waals surface area contributed by atoms with E-state index in [4.69, 9.17) is 9.47 Å². The van der Waals surface area contributed by atoms with Crippen molar-refractivity contribution in [2.75, 3.05) is 19.7 Å². The van der Waals surface area contributed by atoms with E-state index < -0.39 is 17.2 Å². The standard InChI is InChI=1S/C18H20N2O5/c1-11-8-13-14(19-9-11)15(21)16(22)18(25-13)4-6-20(7-5-18)17(23)24-10-12-2-3-12/h8-9,12H,2-7,10H2,1H3. The average molecular weight is 344 g/mol. The number of hydrogen-bond donors (Lipinski definition) is 0. The number of ketones is 2. The normalized spacial score (nSPS) is 21.7. The molecular weight excluding hydrogens is 324 g/mol. The molecule has 0 atom stereocenters. The van der Waals surface area contributed by atoms with Gasteiger partial charge in [-0.2, -0.15) is 0 Å². The average Bonchev–Trinajstić information content (AvgIpc) is 3.43. The van der Waals surface area contributed by atoms with Crippen molar-refractivity contribution in [1.29, 1.82) is 0 Å². The van der Waals surface area contributed by atoms with Crippen molar-refractivity contribution in [2.24, 2.45) is 5.92 Å². The van der Waals surface area contributed by atoms with Gasteiger partial charge in [-0.3, -0.25) is 9.59 Å². The molecule has 1 amide bonds. The predicted molar refractivity (Wildman–Crippen MR) is 86.5 cm³/mol. The SMILES string of the molecule is Cc1cnc2c(c1)OC1(CCN(C(=O)OCC3CC3)CC1)C(=O)C2=O. The van der Waals surface area contributed by atoms with Crippen molar-refractivity contribution in [2.45, 2.75) is 38.2 Å². The fraction of sp³-hybridized carbons (Fsp3) is 0.556. The molecule has 7 nitrogen and oxygen atoms in total. The lowest BCUT2D eigenvalue weighted by atomic mass is 9.82. The molecule has 3 heterocycles. The highest BCUT2D eigenvalue weighted by molar-refractivity contribution is 6.47. The maximum Gasteiger partial charge on any atom is 0.409 e. The quantitative estimate of drug-likeness (QED) is 0.762. The van der Waals surface area contributed by atoms with Gasteiger partial charge in [0.2, 0.25) is 5.78 Å². The lowest BCUT2D eigenvalue weighted by Gasteiger charge is -2.41. The Hall–Kier alpha value is -2.44. The van der Waals surface area contributed by atoms with Crippen LogP contribution >= 0.6 is 0 Å². The van der Waals surface area contributed by atoms with Crippen molar-refractivity contribution in [3.05, 3.63) is 23.5 Å². The Bertz CT molecular complexity index is 748. The van der Waals surface area contributed by atoms with Gasteiger partial charge in [0.25, 0.3) is 5.78 Å². The molecule has 1 saturated carbocycles. The molecule has 1 aliphatic carbocycles. The van der Waals surface area contributed by atoms with Crippen molar-refractivity contribution in [3.8, 4) is 5.75 Å². The minimum atomic E-state index is -1.19. The number of Topliss-reactive ketones (excluding diaryl/α,β-unsaturated/α-hetero) is 2. The van der Waals surface area contributed by atoms with Crippen LogP contribution in [0.3, 0.4) is 0 Å². The van der Waals surface area contributed by atoms with E-state index in [1.54, 1.807) is 17.2 Å². The molecule has 25 heavy (non-hydrogen) atoms. The summed E-state index contributed by atoms with van der Waals surface area (Å²) in [6.45, 7) is 2.98. The number of likely N-dealkylation sites (tertiary alicyclic amines) is 1. The maximum absolute atomic E-state index is 12.6. The van der Waals surface area contributed by atoms with Gasteiger partial charge in [-0.1, -0.05) is 0 Å². The van der Waals surface area contributed by atoms with Crippen molar-refractivity contribution < 1.29 is 23.9 Å². The molecule has 1 aromatic heterocycles. The van der Waals surface area contributed by atoms with Gasteiger partial charge in [-0.15, -0.1) is 0 Å². The van der Waals surface area contributed by atoms with Gasteiger partial charge in [0.1, 0.15) is 0 Å². The summed E-state index contributed by atoms with van der Waals surface area (Å²) in [5, 5.41) is 0. The fourth-order valence-electron chi connectivity index (χ4n) is 3.31. The lowest BCUT2D eigenvalue weighted by Crippen LogP contribution is -2.58. The van der Waals surface area contributed by atoms with Crippen LogP contribution in [0.15, 0.2) is 12.3 Å². The Labute approximate surface area is 145 Å². The first kappa shape index (κ1) is 16.1. The number of fused-ring (bicyclic) bond motifs is 1. The van der Waals surface area contributed by atoms with E-state index >= 15 is 0 Å². The van der Waals surface area contributed by atoms with Crippen LogP contribution in [-0.4, -0.2) is 52.8 Å². The fourth-order valence-corrected chi connectivity index (χ4v) is 3.31. The summed E-state index contributed by atoms with van der Waals surface area (Å²) in [5.41, 5.74) is -0.253. The minimum Gasteiger partial charge on any atom is -0.476 e. The molecule has 132 valence electrons. The van der Waals surface area contributed by atoms with Crippen molar-refractivity contribution in [3.63, 3.8) is 0 Å². The molecule has 0 N–H and O–H groups in total. The van der Waals surface area contributed by atoms with Crippen LogP contribution < -0.4 is 4.74 Å². The number of nitrogens with zero attached hydrogens (tertiary/aromatic N) is 2. The number of ether oxygens (including phenoxy) is 2. The van der Waals surface area contributed by atoms with E-state index in [0.717, 1.165) is 18.4 Å². The molecule has 1 saturated heterocycles. The van der Waals surface area contributed by atoms with Crippen LogP contribution in [0.4, 0.5) is 4.79 Å². The van der Waals surface area contributed by atoms with E-state index in [1.807, 2.05) is 6.92 Å². The number of hydrogen-bond acceptors (Lipinski definition) is 6.